The number of nitrogens with one attached hydrogen (secondary N) is 1. The van der Waals surface area contributed by atoms with Crippen molar-refractivity contribution in [3.8, 4) is 28.6 Å². The van der Waals surface area contributed by atoms with E-state index in [9.17, 15) is 0 Å². The lowest BCUT2D eigenvalue weighted by Gasteiger charge is -2.24. The van der Waals surface area contributed by atoms with Crippen LogP contribution < -0.4 is 15.8 Å². The van der Waals surface area contributed by atoms with E-state index in [1.807, 2.05) is 25.1 Å². The number of nitrogens with zero attached hydrogens (tertiary/aromatic N) is 3. The van der Waals surface area contributed by atoms with E-state index in [0.717, 1.165) is 54.9 Å². The zero-order chi connectivity index (χ0) is 20.2. The summed E-state index contributed by atoms with van der Waals surface area (Å²) in [6, 6.07) is 13.1. The normalized spacial score (nSPS) is 25.1. The highest BCUT2D eigenvalue weighted by molar-refractivity contribution is 5.71. The number of likely N-dealkylation sites (tertiary alicyclic amines) is 1. The zero-order valence-corrected chi connectivity index (χ0v) is 17.0. The maximum Gasteiger partial charge on any atom is 0.258 e. The number of aromatic nitrogens is 2. The van der Waals surface area contributed by atoms with E-state index in [1.54, 1.807) is 0 Å². The second kappa shape index (κ2) is 6.82. The molecule has 1 saturated heterocycles. The number of hydrogen-bond donors (Lipinski definition) is 2. The lowest BCUT2D eigenvalue weighted by Crippen LogP contribution is -2.29. The monoisotopic (exact) mass is 403 g/mol. The van der Waals surface area contributed by atoms with Crippen LogP contribution >= 0.6 is 0 Å². The minimum absolute atomic E-state index is 0.0292. The van der Waals surface area contributed by atoms with E-state index in [2.05, 4.69) is 33.6 Å². The molecule has 154 valence electrons. The topological polar surface area (TPSA) is 89.4 Å². The molecule has 0 radical (unpaired) electrons. The number of fused-ring (bicyclic) bond motifs is 2. The van der Waals surface area contributed by atoms with E-state index in [4.69, 9.17) is 20.0 Å². The molecule has 7 nitrogen and oxygen atoms in total. The molecule has 3 heterocycles. The summed E-state index contributed by atoms with van der Waals surface area (Å²) in [7, 11) is 0. The summed E-state index contributed by atoms with van der Waals surface area (Å²) in [5.41, 5.74) is 11.8. The predicted octanol–water partition coefficient (Wildman–Crippen LogP) is 3.57. The standard InChI is InChI=1S/C23H25N5O2/c1-13-25-19-11-14(5-8-21(19)29-13)23-26-22(27-30-23)18-4-2-3-17-16(18)6-7-20(17)28-10-9-15(24)12-28/h2-5,8,11,13,15,20,25H,6-7,9-10,12,24H2,1H3. The van der Waals surface area contributed by atoms with Gasteiger partial charge in [0.15, 0.2) is 6.23 Å². The average molecular weight is 403 g/mol. The second-order valence-corrected chi connectivity index (χ2v) is 8.51. The van der Waals surface area contributed by atoms with Crippen molar-refractivity contribution in [1.29, 1.82) is 0 Å². The van der Waals surface area contributed by atoms with E-state index in [-0.39, 0.29) is 6.23 Å². The number of benzene rings is 2. The van der Waals surface area contributed by atoms with Crippen molar-refractivity contribution >= 4 is 5.69 Å². The van der Waals surface area contributed by atoms with Crippen LogP contribution in [0.5, 0.6) is 5.75 Å². The van der Waals surface area contributed by atoms with Gasteiger partial charge in [0.25, 0.3) is 5.89 Å². The summed E-state index contributed by atoms with van der Waals surface area (Å²) in [4.78, 5) is 7.26. The van der Waals surface area contributed by atoms with Gasteiger partial charge >= 0.3 is 0 Å². The summed E-state index contributed by atoms with van der Waals surface area (Å²) in [6.07, 6.45) is 3.21. The summed E-state index contributed by atoms with van der Waals surface area (Å²) < 4.78 is 11.3. The number of hydrogen-bond acceptors (Lipinski definition) is 7. The molecule has 1 aliphatic carbocycles. The molecule has 2 aromatic carbocycles. The third-order valence-corrected chi connectivity index (χ3v) is 6.49. The van der Waals surface area contributed by atoms with Crippen molar-refractivity contribution in [1.82, 2.24) is 15.0 Å². The maximum absolute atomic E-state index is 6.15. The molecule has 7 heteroatoms. The van der Waals surface area contributed by atoms with E-state index in [0.29, 0.717) is 23.8 Å². The molecule has 3 aliphatic rings. The molecule has 0 amide bonds. The van der Waals surface area contributed by atoms with Gasteiger partial charge in [0.1, 0.15) is 5.75 Å². The first-order valence-corrected chi connectivity index (χ1v) is 10.7. The molecule has 0 bridgehead atoms. The SMILES string of the molecule is CC1Nc2cc(-c3nc(-c4cccc5c4CCC5N4CCC(N)C4)no3)ccc2O1. The molecule has 0 spiro atoms. The van der Waals surface area contributed by atoms with Crippen LogP contribution in [-0.4, -0.2) is 40.4 Å². The van der Waals surface area contributed by atoms with Gasteiger partial charge in [0.2, 0.25) is 5.82 Å². The van der Waals surface area contributed by atoms with Gasteiger partial charge in [-0.15, -0.1) is 0 Å². The number of ether oxygens (including phenoxy) is 1. The third-order valence-electron chi connectivity index (χ3n) is 6.49. The fraction of sp³-hybridized carbons (Fsp3) is 0.391. The summed E-state index contributed by atoms with van der Waals surface area (Å²) in [6.45, 7) is 4.04. The Morgan fingerprint density at radius 1 is 1.20 bits per heavy atom. The number of nitrogens with two attached hydrogens (primary N) is 1. The Bertz CT molecular complexity index is 1110. The molecule has 3 aromatic rings. The summed E-state index contributed by atoms with van der Waals surface area (Å²) in [5, 5.41) is 7.60. The van der Waals surface area contributed by atoms with Gasteiger partial charge in [-0.1, -0.05) is 23.4 Å². The maximum atomic E-state index is 6.15. The lowest BCUT2D eigenvalue weighted by molar-refractivity contribution is 0.242. The van der Waals surface area contributed by atoms with Gasteiger partial charge in [-0.05, 0) is 55.5 Å². The molecule has 30 heavy (non-hydrogen) atoms. The van der Waals surface area contributed by atoms with Crippen molar-refractivity contribution in [2.75, 3.05) is 18.4 Å². The lowest BCUT2D eigenvalue weighted by atomic mass is 10.0. The average Bonchev–Trinajstić information content (AvgIpc) is 3.52. The highest BCUT2D eigenvalue weighted by Crippen LogP contribution is 2.42. The third kappa shape index (κ3) is 2.88. The van der Waals surface area contributed by atoms with Gasteiger partial charge in [-0.25, -0.2) is 0 Å². The quantitative estimate of drug-likeness (QED) is 0.691. The van der Waals surface area contributed by atoms with Gasteiger partial charge in [-0.3, -0.25) is 4.90 Å². The molecule has 3 unspecified atom stereocenters. The Hall–Kier alpha value is -2.90. The summed E-state index contributed by atoms with van der Waals surface area (Å²) in [5.74, 6) is 2.02. The van der Waals surface area contributed by atoms with Crippen molar-refractivity contribution in [2.45, 2.75) is 44.5 Å². The van der Waals surface area contributed by atoms with Gasteiger partial charge in [-0.2, -0.15) is 4.98 Å². The smallest absolute Gasteiger partial charge is 0.258 e. The predicted molar refractivity (Wildman–Crippen MR) is 114 cm³/mol. The molecule has 2 aliphatic heterocycles. The minimum Gasteiger partial charge on any atom is -0.469 e. The Morgan fingerprint density at radius 2 is 2.13 bits per heavy atom. The number of rotatable bonds is 3. The molecule has 1 aromatic heterocycles. The van der Waals surface area contributed by atoms with Crippen molar-refractivity contribution in [2.24, 2.45) is 5.73 Å². The molecule has 6 rings (SSSR count). The fourth-order valence-corrected chi connectivity index (χ4v) is 5.09. The van der Waals surface area contributed by atoms with Crippen LogP contribution in [0.25, 0.3) is 22.8 Å². The molecule has 1 fully saturated rings. The summed E-state index contributed by atoms with van der Waals surface area (Å²) >= 11 is 0. The first-order valence-electron chi connectivity index (χ1n) is 10.7. The van der Waals surface area contributed by atoms with Crippen LogP contribution in [0, 0.1) is 0 Å². The molecule has 3 N–H and O–H groups in total. The van der Waals surface area contributed by atoms with Crippen LogP contribution in [0.1, 0.15) is 36.9 Å². The Kier molecular flexibility index (Phi) is 4.07. The van der Waals surface area contributed by atoms with Crippen molar-refractivity contribution in [3.63, 3.8) is 0 Å². The Labute approximate surface area is 175 Å². The van der Waals surface area contributed by atoms with Gasteiger partial charge in [0.05, 0.1) is 5.69 Å². The van der Waals surface area contributed by atoms with Crippen molar-refractivity contribution < 1.29 is 9.26 Å². The van der Waals surface area contributed by atoms with Crippen LogP contribution in [-0.2, 0) is 6.42 Å². The van der Waals surface area contributed by atoms with Crippen LogP contribution in [0.15, 0.2) is 40.9 Å². The number of anilines is 1. The Balaban J connectivity index is 1.31. The fourth-order valence-electron chi connectivity index (χ4n) is 5.09. The molecule has 3 atom stereocenters. The van der Waals surface area contributed by atoms with Crippen molar-refractivity contribution in [3.05, 3.63) is 47.5 Å². The Morgan fingerprint density at radius 3 is 3.00 bits per heavy atom. The van der Waals surface area contributed by atoms with Gasteiger partial charge in [0, 0.05) is 36.3 Å². The molecule has 0 saturated carbocycles. The first kappa shape index (κ1) is 17.9. The van der Waals surface area contributed by atoms with Crippen LogP contribution in [0.4, 0.5) is 5.69 Å². The first-order chi connectivity index (χ1) is 14.7. The minimum atomic E-state index is -0.0292. The largest absolute Gasteiger partial charge is 0.469 e. The van der Waals surface area contributed by atoms with Crippen LogP contribution in [0.3, 0.4) is 0 Å². The zero-order valence-electron chi connectivity index (χ0n) is 17.0. The molecular weight excluding hydrogens is 378 g/mol. The highest BCUT2D eigenvalue weighted by Gasteiger charge is 2.33. The molecular formula is C23H25N5O2. The van der Waals surface area contributed by atoms with E-state index < -0.39 is 0 Å². The highest BCUT2D eigenvalue weighted by atomic mass is 16.5. The van der Waals surface area contributed by atoms with Gasteiger partial charge < -0.3 is 20.3 Å². The van der Waals surface area contributed by atoms with Crippen LogP contribution in [0.2, 0.25) is 0 Å². The van der Waals surface area contributed by atoms with E-state index >= 15 is 0 Å². The second-order valence-electron chi connectivity index (χ2n) is 8.51. The van der Waals surface area contributed by atoms with E-state index in [1.165, 1.54) is 11.1 Å².